The highest BCUT2D eigenvalue weighted by Crippen LogP contribution is 2.55. The number of carboxylic acid groups (broad SMARTS) is 1. The predicted molar refractivity (Wildman–Crippen MR) is 120 cm³/mol. The number of carboxylic acids is 1. The predicted octanol–water partition coefficient (Wildman–Crippen LogP) is 3.02. The van der Waals surface area contributed by atoms with Gasteiger partial charge in [0.1, 0.15) is 18.2 Å². The normalized spacial score (nSPS) is 25.9. The highest BCUT2D eigenvalue weighted by atomic mass is 19.4. The largest absolute Gasteiger partial charge is 0.493 e. The van der Waals surface area contributed by atoms with Gasteiger partial charge in [0, 0.05) is 18.5 Å². The van der Waals surface area contributed by atoms with Crippen LogP contribution in [0.2, 0.25) is 0 Å². The molecule has 1 spiro atoms. The molecular formula is C24H31F3N2O6. The van der Waals surface area contributed by atoms with Gasteiger partial charge >= 0.3 is 18.1 Å². The Bertz CT molecular complexity index is 996. The number of carbonyl (C=O) groups excluding carboxylic acids is 1. The van der Waals surface area contributed by atoms with Crippen molar-refractivity contribution in [2.24, 2.45) is 11.7 Å². The van der Waals surface area contributed by atoms with Crippen LogP contribution in [0.4, 0.5) is 13.2 Å². The summed E-state index contributed by atoms with van der Waals surface area (Å²) in [6.45, 7) is 5.71. The third-order valence-corrected chi connectivity index (χ3v) is 6.63. The highest BCUT2D eigenvalue weighted by molar-refractivity contribution is 5.76. The first-order valence-electron chi connectivity index (χ1n) is 11.3. The summed E-state index contributed by atoms with van der Waals surface area (Å²) in [4.78, 5) is 23.6. The molecule has 194 valence electrons. The number of esters is 1. The lowest BCUT2D eigenvalue weighted by Gasteiger charge is -2.37. The van der Waals surface area contributed by atoms with Crippen molar-refractivity contribution in [3.63, 3.8) is 0 Å². The van der Waals surface area contributed by atoms with Crippen LogP contribution in [0.1, 0.15) is 37.8 Å². The quantitative estimate of drug-likeness (QED) is 0.480. The summed E-state index contributed by atoms with van der Waals surface area (Å²) in [5.41, 5.74) is 8.27. The zero-order valence-corrected chi connectivity index (χ0v) is 20.1. The fourth-order valence-corrected chi connectivity index (χ4v) is 4.65. The first-order valence-corrected chi connectivity index (χ1v) is 11.3. The maximum absolute atomic E-state index is 12.3. The molecule has 4 rings (SSSR count). The van der Waals surface area contributed by atoms with Crippen LogP contribution in [0.25, 0.3) is 0 Å². The Morgan fingerprint density at radius 1 is 1.31 bits per heavy atom. The Kier molecular flexibility index (Phi) is 7.71. The number of aliphatic carboxylic acids is 1. The van der Waals surface area contributed by atoms with E-state index < -0.39 is 18.2 Å². The number of nitrogens with two attached hydrogens (primary N) is 1. The SMILES string of the molecule is COc1ccc2c3c1O[C@H]1C[C@@H](OC(=O)[C@H](N)C(C)C)C=CC31CCN(C)C2.O=C(O)C(F)(F)F. The smallest absolute Gasteiger partial charge is 0.490 e. The molecule has 8 nitrogen and oxygen atoms in total. The van der Waals surface area contributed by atoms with Gasteiger partial charge in [-0.1, -0.05) is 26.0 Å². The number of halogens is 3. The van der Waals surface area contributed by atoms with Crippen LogP contribution in [0.5, 0.6) is 11.5 Å². The molecule has 0 saturated carbocycles. The van der Waals surface area contributed by atoms with Gasteiger partial charge in [-0.2, -0.15) is 13.2 Å². The summed E-state index contributed by atoms with van der Waals surface area (Å²) in [5, 5.41) is 7.12. The van der Waals surface area contributed by atoms with Crippen molar-refractivity contribution in [3.05, 3.63) is 35.4 Å². The summed E-state index contributed by atoms with van der Waals surface area (Å²) in [7, 11) is 3.82. The molecule has 3 aliphatic rings. The molecule has 0 amide bonds. The lowest BCUT2D eigenvalue weighted by atomic mass is 9.69. The van der Waals surface area contributed by atoms with E-state index in [9.17, 15) is 18.0 Å². The lowest BCUT2D eigenvalue weighted by molar-refractivity contribution is -0.192. The van der Waals surface area contributed by atoms with Gasteiger partial charge in [0.25, 0.3) is 0 Å². The Morgan fingerprint density at radius 2 is 1.97 bits per heavy atom. The van der Waals surface area contributed by atoms with Gasteiger partial charge in [-0.15, -0.1) is 0 Å². The molecule has 1 unspecified atom stereocenters. The Morgan fingerprint density at radius 3 is 2.54 bits per heavy atom. The molecule has 0 aromatic heterocycles. The standard InChI is InChI=1S/C22H30N2O4.C2HF3O2/c1-13(2)19(23)21(25)27-15-7-8-22-9-10-24(3)12-14-5-6-16(26-4)20(18(14)22)28-17(22)11-15;3-2(4,5)1(6)7/h5-8,13,15,17,19H,9-12,23H2,1-4H3;(H,6,7)/t15-,17-,19+,22?;/m0./s1. The molecule has 1 aliphatic carbocycles. The van der Waals surface area contributed by atoms with E-state index in [1.165, 1.54) is 11.1 Å². The number of methoxy groups -OCH3 is 1. The van der Waals surface area contributed by atoms with Gasteiger partial charge in [0.2, 0.25) is 0 Å². The van der Waals surface area contributed by atoms with E-state index in [1.54, 1.807) is 7.11 Å². The Hall–Kier alpha value is -2.79. The zero-order valence-electron chi connectivity index (χ0n) is 20.1. The number of hydrogen-bond acceptors (Lipinski definition) is 7. The van der Waals surface area contributed by atoms with Crippen molar-refractivity contribution < 1.29 is 42.1 Å². The summed E-state index contributed by atoms with van der Waals surface area (Å²) in [5.74, 6) is -1.46. The number of benzene rings is 1. The van der Waals surface area contributed by atoms with Crippen molar-refractivity contribution in [2.75, 3.05) is 20.7 Å². The van der Waals surface area contributed by atoms with Gasteiger partial charge in [-0.25, -0.2) is 4.79 Å². The van der Waals surface area contributed by atoms with E-state index in [-0.39, 0.29) is 29.5 Å². The van der Waals surface area contributed by atoms with Gasteiger partial charge in [0.15, 0.2) is 11.5 Å². The molecule has 11 heteroatoms. The number of alkyl halides is 3. The second-order valence-corrected chi connectivity index (χ2v) is 9.41. The van der Waals surface area contributed by atoms with Crippen molar-refractivity contribution in [1.82, 2.24) is 4.90 Å². The average molecular weight is 501 g/mol. The number of rotatable bonds is 4. The lowest BCUT2D eigenvalue weighted by Crippen LogP contribution is -2.45. The van der Waals surface area contributed by atoms with Gasteiger partial charge in [0.05, 0.1) is 12.5 Å². The molecule has 3 N–H and O–H groups in total. The average Bonchev–Trinajstić information content (AvgIpc) is 3.04. The molecular weight excluding hydrogens is 469 g/mol. The van der Waals surface area contributed by atoms with E-state index in [0.717, 1.165) is 31.0 Å². The van der Waals surface area contributed by atoms with E-state index in [4.69, 9.17) is 29.8 Å². The molecule has 0 fully saturated rings. The second-order valence-electron chi connectivity index (χ2n) is 9.41. The summed E-state index contributed by atoms with van der Waals surface area (Å²) in [6.07, 6.45) is 0.320. The highest BCUT2D eigenvalue weighted by Gasteiger charge is 2.53. The zero-order chi connectivity index (χ0) is 26.1. The van der Waals surface area contributed by atoms with Crippen molar-refractivity contribution in [2.45, 2.75) is 63.1 Å². The molecule has 4 atom stereocenters. The topological polar surface area (TPSA) is 111 Å². The van der Waals surface area contributed by atoms with Gasteiger partial charge < -0.3 is 30.0 Å². The Labute approximate surface area is 201 Å². The molecule has 35 heavy (non-hydrogen) atoms. The van der Waals surface area contributed by atoms with E-state index in [2.05, 4.69) is 24.1 Å². The van der Waals surface area contributed by atoms with Crippen molar-refractivity contribution in [1.29, 1.82) is 0 Å². The van der Waals surface area contributed by atoms with Crippen LogP contribution in [0.3, 0.4) is 0 Å². The molecule has 0 radical (unpaired) electrons. The summed E-state index contributed by atoms with van der Waals surface area (Å²) < 4.78 is 49.5. The fraction of sp³-hybridized carbons (Fsp3) is 0.583. The fourth-order valence-electron chi connectivity index (χ4n) is 4.65. The number of hydrogen-bond donors (Lipinski definition) is 2. The van der Waals surface area contributed by atoms with Crippen molar-refractivity contribution in [3.8, 4) is 11.5 Å². The summed E-state index contributed by atoms with van der Waals surface area (Å²) >= 11 is 0. The first kappa shape index (κ1) is 26.8. The van der Waals surface area contributed by atoms with Crippen molar-refractivity contribution >= 4 is 11.9 Å². The number of carbonyl (C=O) groups is 2. The molecule has 0 saturated heterocycles. The summed E-state index contributed by atoms with van der Waals surface area (Å²) in [6, 6.07) is 3.53. The second kappa shape index (κ2) is 10.1. The van der Waals surface area contributed by atoms with Crippen LogP contribution in [0, 0.1) is 5.92 Å². The minimum Gasteiger partial charge on any atom is -0.493 e. The van der Waals surface area contributed by atoms with Crippen LogP contribution < -0.4 is 15.2 Å². The number of nitrogens with zero attached hydrogens (tertiary/aromatic N) is 1. The minimum atomic E-state index is -5.08. The molecule has 1 aromatic rings. The van der Waals surface area contributed by atoms with E-state index >= 15 is 0 Å². The van der Waals surface area contributed by atoms with Crippen LogP contribution in [-0.2, 0) is 26.3 Å². The van der Waals surface area contributed by atoms with Crippen LogP contribution >= 0.6 is 0 Å². The molecule has 1 aromatic carbocycles. The van der Waals surface area contributed by atoms with E-state index in [0.29, 0.717) is 6.42 Å². The number of ether oxygens (including phenoxy) is 3. The monoisotopic (exact) mass is 500 g/mol. The molecule has 2 heterocycles. The first-order chi connectivity index (χ1) is 16.3. The minimum absolute atomic E-state index is 0.0441. The molecule has 2 aliphatic heterocycles. The third kappa shape index (κ3) is 5.40. The van der Waals surface area contributed by atoms with Gasteiger partial charge in [-0.05, 0) is 43.6 Å². The van der Waals surface area contributed by atoms with Crippen LogP contribution in [0.15, 0.2) is 24.3 Å². The maximum atomic E-state index is 12.3. The third-order valence-electron chi connectivity index (χ3n) is 6.63. The van der Waals surface area contributed by atoms with E-state index in [1.807, 2.05) is 26.0 Å². The van der Waals surface area contributed by atoms with Gasteiger partial charge in [-0.3, -0.25) is 4.79 Å². The van der Waals surface area contributed by atoms with Crippen LogP contribution in [-0.4, -0.2) is 67.1 Å². The maximum Gasteiger partial charge on any atom is 0.490 e. The molecule has 0 bridgehead atoms. The Balaban J connectivity index is 0.000000429.